The first-order valence-electron chi connectivity index (χ1n) is 5.98. The first-order chi connectivity index (χ1) is 7.99. The van der Waals surface area contributed by atoms with E-state index in [2.05, 4.69) is 32.8 Å². The van der Waals surface area contributed by atoms with Gasteiger partial charge in [-0.1, -0.05) is 27.7 Å². The maximum absolute atomic E-state index is 4.78. The minimum Gasteiger partial charge on any atom is -0.275 e. The van der Waals surface area contributed by atoms with Crippen LogP contribution in [0.2, 0.25) is 0 Å². The fourth-order valence-electron chi connectivity index (χ4n) is 1.83. The first kappa shape index (κ1) is 12.3. The second kappa shape index (κ2) is 4.61. The molecule has 0 aliphatic carbocycles. The lowest BCUT2D eigenvalue weighted by atomic mass is 10.0. The Labute approximate surface area is 107 Å². The van der Waals surface area contributed by atoms with Crippen LogP contribution in [0.5, 0.6) is 0 Å². The van der Waals surface area contributed by atoms with Crippen LogP contribution in [0.4, 0.5) is 0 Å². The molecule has 17 heavy (non-hydrogen) atoms. The molecule has 92 valence electrons. The number of rotatable bonds is 3. The number of nitrogens with zero attached hydrogens (tertiary/aromatic N) is 3. The minimum absolute atomic E-state index is 0.481. The van der Waals surface area contributed by atoms with Gasteiger partial charge in [0.2, 0.25) is 0 Å². The zero-order chi connectivity index (χ0) is 12.6. The summed E-state index contributed by atoms with van der Waals surface area (Å²) in [7, 11) is 1.93. The number of aromatic nitrogens is 3. The SMILES string of the molecule is CC(C)c1nc(-c2cnn(C)c2)sc1C(C)C. The van der Waals surface area contributed by atoms with E-state index in [-0.39, 0.29) is 0 Å². The van der Waals surface area contributed by atoms with Gasteiger partial charge in [-0.2, -0.15) is 5.10 Å². The second-order valence-electron chi connectivity index (χ2n) is 4.98. The van der Waals surface area contributed by atoms with Gasteiger partial charge in [-0.15, -0.1) is 11.3 Å². The van der Waals surface area contributed by atoms with Crippen LogP contribution in [-0.2, 0) is 7.05 Å². The van der Waals surface area contributed by atoms with Gasteiger partial charge in [-0.3, -0.25) is 4.68 Å². The lowest BCUT2D eigenvalue weighted by Gasteiger charge is -2.07. The van der Waals surface area contributed by atoms with Gasteiger partial charge in [-0.05, 0) is 11.8 Å². The number of hydrogen-bond acceptors (Lipinski definition) is 3. The van der Waals surface area contributed by atoms with E-state index in [4.69, 9.17) is 4.98 Å². The third-order valence-corrected chi connectivity index (χ3v) is 4.12. The maximum Gasteiger partial charge on any atom is 0.127 e. The lowest BCUT2D eigenvalue weighted by Crippen LogP contribution is -1.94. The fourth-order valence-corrected chi connectivity index (χ4v) is 3.02. The molecule has 0 amide bonds. The summed E-state index contributed by atoms with van der Waals surface area (Å²) >= 11 is 1.80. The van der Waals surface area contributed by atoms with Crippen LogP contribution in [0.15, 0.2) is 12.4 Å². The van der Waals surface area contributed by atoms with Gasteiger partial charge in [0.05, 0.1) is 11.9 Å². The van der Waals surface area contributed by atoms with E-state index < -0.39 is 0 Å². The van der Waals surface area contributed by atoms with Crippen LogP contribution in [0.25, 0.3) is 10.6 Å². The summed E-state index contributed by atoms with van der Waals surface area (Å²) < 4.78 is 1.82. The Balaban J connectivity index is 2.47. The molecule has 4 heteroatoms. The zero-order valence-corrected chi connectivity index (χ0v) is 11.9. The molecular weight excluding hydrogens is 230 g/mol. The lowest BCUT2D eigenvalue weighted by molar-refractivity contribution is 0.768. The Morgan fingerprint density at radius 1 is 1.18 bits per heavy atom. The summed E-state index contributed by atoms with van der Waals surface area (Å²) in [6, 6.07) is 0. The van der Waals surface area contributed by atoms with Crippen LogP contribution in [0, 0.1) is 0 Å². The predicted molar refractivity (Wildman–Crippen MR) is 72.5 cm³/mol. The molecule has 0 fully saturated rings. The Bertz CT molecular complexity index is 483. The van der Waals surface area contributed by atoms with Crippen molar-refractivity contribution < 1.29 is 0 Å². The van der Waals surface area contributed by atoms with E-state index in [1.54, 1.807) is 11.3 Å². The molecule has 0 atom stereocenters. The van der Waals surface area contributed by atoms with Gasteiger partial charge in [-0.25, -0.2) is 4.98 Å². The van der Waals surface area contributed by atoms with Gasteiger partial charge in [0.1, 0.15) is 5.01 Å². The van der Waals surface area contributed by atoms with Crippen LogP contribution < -0.4 is 0 Å². The Hall–Kier alpha value is -1.16. The van der Waals surface area contributed by atoms with Crippen LogP contribution >= 0.6 is 11.3 Å². The average Bonchev–Trinajstić information content (AvgIpc) is 2.82. The summed E-state index contributed by atoms with van der Waals surface area (Å²) in [6.07, 6.45) is 3.90. The summed E-state index contributed by atoms with van der Waals surface area (Å²) in [4.78, 5) is 6.18. The maximum atomic E-state index is 4.78. The highest BCUT2D eigenvalue weighted by Crippen LogP contribution is 2.35. The topological polar surface area (TPSA) is 30.7 Å². The summed E-state index contributed by atoms with van der Waals surface area (Å²) in [6.45, 7) is 8.86. The highest BCUT2D eigenvalue weighted by Gasteiger charge is 2.17. The Kier molecular flexibility index (Phi) is 3.33. The zero-order valence-electron chi connectivity index (χ0n) is 11.1. The largest absolute Gasteiger partial charge is 0.275 e. The molecule has 0 saturated carbocycles. The Morgan fingerprint density at radius 2 is 1.88 bits per heavy atom. The minimum atomic E-state index is 0.481. The molecule has 0 radical (unpaired) electrons. The molecule has 2 rings (SSSR count). The van der Waals surface area contributed by atoms with E-state index in [1.807, 2.05) is 24.1 Å². The van der Waals surface area contributed by atoms with Gasteiger partial charge in [0.15, 0.2) is 0 Å². The van der Waals surface area contributed by atoms with Crippen molar-refractivity contribution in [2.24, 2.45) is 7.05 Å². The van der Waals surface area contributed by atoms with Crippen molar-refractivity contribution in [1.82, 2.24) is 14.8 Å². The van der Waals surface area contributed by atoms with E-state index >= 15 is 0 Å². The highest BCUT2D eigenvalue weighted by molar-refractivity contribution is 7.15. The second-order valence-corrected chi connectivity index (χ2v) is 6.01. The molecule has 0 spiro atoms. The molecule has 0 unspecified atom stereocenters. The van der Waals surface area contributed by atoms with E-state index in [0.29, 0.717) is 11.8 Å². The third-order valence-electron chi connectivity index (χ3n) is 2.70. The van der Waals surface area contributed by atoms with Crippen molar-refractivity contribution in [3.63, 3.8) is 0 Å². The highest BCUT2D eigenvalue weighted by atomic mass is 32.1. The van der Waals surface area contributed by atoms with Gasteiger partial charge >= 0.3 is 0 Å². The Morgan fingerprint density at radius 3 is 2.29 bits per heavy atom. The number of hydrogen-bond donors (Lipinski definition) is 0. The monoisotopic (exact) mass is 249 g/mol. The molecule has 2 heterocycles. The molecule has 3 nitrogen and oxygen atoms in total. The van der Waals surface area contributed by atoms with Crippen molar-refractivity contribution in [2.75, 3.05) is 0 Å². The van der Waals surface area contributed by atoms with Gasteiger partial charge in [0.25, 0.3) is 0 Å². The van der Waals surface area contributed by atoms with E-state index in [9.17, 15) is 0 Å². The predicted octanol–water partition coefficient (Wildman–Crippen LogP) is 3.79. The van der Waals surface area contributed by atoms with Crippen LogP contribution in [0.1, 0.15) is 50.1 Å². The van der Waals surface area contributed by atoms with Crippen LogP contribution in [-0.4, -0.2) is 14.8 Å². The van der Waals surface area contributed by atoms with Crippen molar-refractivity contribution in [1.29, 1.82) is 0 Å². The molecule has 0 saturated heterocycles. The quantitative estimate of drug-likeness (QED) is 0.828. The summed E-state index contributed by atoms with van der Waals surface area (Å²) in [5.74, 6) is 1.02. The van der Waals surface area contributed by atoms with Crippen molar-refractivity contribution in [3.05, 3.63) is 23.0 Å². The molecule has 0 aliphatic heterocycles. The summed E-state index contributed by atoms with van der Waals surface area (Å²) in [5.41, 5.74) is 2.36. The first-order valence-corrected chi connectivity index (χ1v) is 6.80. The molecule has 0 aromatic carbocycles. The molecule has 0 bridgehead atoms. The molecule has 2 aromatic heterocycles. The fraction of sp³-hybridized carbons (Fsp3) is 0.538. The standard InChI is InChI=1S/C13H19N3S/c1-8(2)11-12(9(3)4)17-13(15-11)10-6-14-16(5)7-10/h6-9H,1-5H3. The van der Waals surface area contributed by atoms with Crippen molar-refractivity contribution >= 4 is 11.3 Å². The smallest absolute Gasteiger partial charge is 0.127 e. The van der Waals surface area contributed by atoms with Crippen molar-refractivity contribution in [3.8, 4) is 10.6 Å². The number of aryl methyl sites for hydroxylation is 1. The third kappa shape index (κ3) is 2.41. The molecule has 0 aliphatic rings. The normalized spacial score (nSPS) is 11.7. The van der Waals surface area contributed by atoms with E-state index in [1.165, 1.54) is 10.6 Å². The molecule has 2 aromatic rings. The molecular formula is C13H19N3S. The van der Waals surface area contributed by atoms with Gasteiger partial charge < -0.3 is 0 Å². The van der Waals surface area contributed by atoms with Crippen LogP contribution in [0.3, 0.4) is 0 Å². The van der Waals surface area contributed by atoms with E-state index in [0.717, 1.165) is 10.6 Å². The summed E-state index contributed by atoms with van der Waals surface area (Å²) in [5, 5.41) is 5.29. The molecule has 0 N–H and O–H groups in total. The van der Waals surface area contributed by atoms with Gasteiger partial charge in [0, 0.05) is 23.7 Å². The average molecular weight is 249 g/mol. The van der Waals surface area contributed by atoms with Crippen molar-refractivity contribution in [2.45, 2.75) is 39.5 Å². The number of thiazole rings is 1.